The molecule has 0 bridgehead atoms. The van der Waals surface area contributed by atoms with Gasteiger partial charge in [-0.3, -0.25) is 4.91 Å². The van der Waals surface area contributed by atoms with Crippen molar-refractivity contribution in [2.45, 2.75) is 0 Å². The van der Waals surface area contributed by atoms with Crippen LogP contribution in [0.5, 0.6) is 0 Å². The van der Waals surface area contributed by atoms with E-state index in [9.17, 15) is 0 Å². The minimum Gasteiger partial charge on any atom is -0.512 e. The molecule has 0 rings (SSSR count). The Kier molecular flexibility index (Phi) is 682. The smallest absolute Gasteiger partial charge is 0.512 e. The fourth-order valence-corrected chi connectivity index (χ4v) is 0. The molecule has 34 valence electrons. The molecule has 4 nitrogen and oxygen atoms in total. The van der Waals surface area contributed by atoms with Crippen LogP contribution in [0.1, 0.15) is 0 Å². The van der Waals surface area contributed by atoms with Gasteiger partial charge in [0.25, 0.3) is 0 Å². The van der Waals surface area contributed by atoms with Gasteiger partial charge in [-0.1, -0.05) is 0 Å². The van der Waals surface area contributed by atoms with Crippen LogP contribution in [0.15, 0.2) is 0 Å². The summed E-state index contributed by atoms with van der Waals surface area (Å²) in [7, 11) is 0. The first kappa shape index (κ1) is 17.9. The van der Waals surface area contributed by atoms with Crippen molar-refractivity contribution in [1.82, 2.24) is 0 Å². The van der Waals surface area contributed by atoms with Crippen molar-refractivity contribution < 1.29 is 21.1 Å². The van der Waals surface area contributed by atoms with Crippen molar-refractivity contribution in [3.8, 4) is 0 Å². The first-order valence-electron chi connectivity index (χ1n) is 0.624. The Morgan fingerprint density at radius 2 is 1.33 bits per heavy atom. The van der Waals surface area contributed by atoms with Crippen LogP contribution in [-0.2, 0) is 21.1 Å². The van der Waals surface area contributed by atoms with Gasteiger partial charge >= 0.3 is 21.1 Å². The molecular formula is CN4Pt. The van der Waals surface area contributed by atoms with E-state index < -0.39 is 0 Å². The van der Waals surface area contributed by atoms with E-state index in [1.165, 1.54) is 4.91 Å². The number of hydrogen-bond acceptors (Lipinski definition) is 1. The van der Waals surface area contributed by atoms with E-state index >= 15 is 0 Å². The minimum absolute atomic E-state index is 0. The van der Waals surface area contributed by atoms with Crippen LogP contribution in [0.4, 0.5) is 0 Å². The largest absolute Gasteiger partial charge is 2.00 e. The Labute approximate surface area is 49.4 Å². The Morgan fingerprint density at radius 3 is 1.33 bits per heavy atom. The van der Waals surface area contributed by atoms with E-state index in [0.717, 1.165) is 0 Å². The van der Waals surface area contributed by atoms with Crippen LogP contribution in [0, 0.1) is 11.8 Å². The maximum absolute atomic E-state index is 6.75. The van der Waals surface area contributed by atoms with E-state index in [0.29, 0.717) is 0 Å². The van der Waals surface area contributed by atoms with Gasteiger partial charge in [0, 0.05) is 0 Å². The van der Waals surface area contributed by atoms with Crippen molar-refractivity contribution in [3.05, 3.63) is 22.5 Å². The standard InChI is InChI=1S/CN.N3.Pt/c1-2;1-3-2;/q2*-1;+2. The average Bonchev–Trinajstić information content (AvgIpc) is 1.46. The molecule has 0 N–H and O–H groups in total. The quantitative estimate of drug-likeness (QED) is 0.277. The second kappa shape index (κ2) is 229. The van der Waals surface area contributed by atoms with Gasteiger partial charge in [0.2, 0.25) is 0 Å². The summed E-state index contributed by atoms with van der Waals surface area (Å²) in [5.41, 5.74) is 13.5. The third-order valence-electron chi connectivity index (χ3n) is 0. The number of nitrogens with zero attached hydrogens (tertiary/aromatic N) is 4. The molecular weight excluding hydrogens is 263 g/mol. The van der Waals surface area contributed by atoms with Crippen molar-refractivity contribution in [2.24, 2.45) is 0 Å². The van der Waals surface area contributed by atoms with Gasteiger partial charge in [-0.05, 0) is 0 Å². The van der Waals surface area contributed by atoms with Gasteiger partial charge < -0.3 is 22.9 Å². The molecule has 0 fully saturated rings. The molecule has 5 heteroatoms. The molecule has 0 heterocycles. The summed E-state index contributed by atoms with van der Waals surface area (Å²) in [6, 6.07) is 0. The number of rotatable bonds is 0. The fourth-order valence-electron chi connectivity index (χ4n) is 0. The third-order valence-corrected chi connectivity index (χ3v) is 0. The van der Waals surface area contributed by atoms with Crippen LogP contribution in [-0.4, -0.2) is 0 Å². The SMILES string of the molecule is [C-]#N.[N-]=[N+]=[N-].[Pt+2]. The van der Waals surface area contributed by atoms with Gasteiger partial charge in [0.05, 0.1) is 0 Å². The van der Waals surface area contributed by atoms with Crippen LogP contribution in [0.25, 0.3) is 16.0 Å². The first-order chi connectivity index (χ1) is 2.41. The molecule has 6 heavy (non-hydrogen) atoms. The fraction of sp³-hybridized carbons (Fsp3) is 0. The summed E-state index contributed by atoms with van der Waals surface area (Å²) in [6.07, 6.45) is 0. The molecule has 0 spiro atoms. The summed E-state index contributed by atoms with van der Waals surface area (Å²) in [6.45, 7) is 4.75. The summed E-state index contributed by atoms with van der Waals surface area (Å²) < 4.78 is 0. The summed E-state index contributed by atoms with van der Waals surface area (Å²) in [5.74, 6) is 0. The maximum atomic E-state index is 6.75. The zero-order valence-electron chi connectivity index (χ0n) is 2.61. The minimum atomic E-state index is 0. The van der Waals surface area contributed by atoms with Gasteiger partial charge in [-0.2, -0.15) is 0 Å². The predicted molar refractivity (Wildman–Crippen MR) is 15.0 cm³/mol. The van der Waals surface area contributed by atoms with Crippen molar-refractivity contribution >= 4 is 0 Å². The maximum Gasteiger partial charge on any atom is 2.00 e. The average molecular weight is 263 g/mol. The molecule has 0 aliphatic carbocycles. The van der Waals surface area contributed by atoms with Crippen LogP contribution < -0.4 is 0 Å². The van der Waals surface area contributed by atoms with Crippen molar-refractivity contribution in [1.29, 1.82) is 5.26 Å². The van der Waals surface area contributed by atoms with Gasteiger partial charge in [0.15, 0.2) is 0 Å². The molecule has 0 unspecified atom stereocenters. The Hall–Kier alpha value is -0.512. The molecule has 0 saturated heterocycles. The topological polar surface area (TPSA) is 82.5 Å². The van der Waals surface area contributed by atoms with E-state index in [2.05, 4.69) is 0 Å². The first-order valence-corrected chi connectivity index (χ1v) is 0.624. The molecule has 0 aliphatic rings. The Morgan fingerprint density at radius 1 is 1.33 bits per heavy atom. The Bertz CT molecular complexity index is 49.8. The van der Waals surface area contributed by atoms with Gasteiger partial charge in [-0.25, -0.2) is 0 Å². The zero-order chi connectivity index (χ0) is 4.71. The molecule has 0 atom stereocenters. The van der Waals surface area contributed by atoms with Gasteiger partial charge in [-0.15, -0.1) is 0 Å². The second-order valence-electron chi connectivity index (χ2n) is 0.0894. The van der Waals surface area contributed by atoms with E-state index in [1.54, 1.807) is 0 Å². The van der Waals surface area contributed by atoms with Crippen LogP contribution in [0.3, 0.4) is 0 Å². The molecule has 0 aliphatic heterocycles. The molecule has 0 aromatic carbocycles. The summed E-state index contributed by atoms with van der Waals surface area (Å²) in [5, 5.41) is 6.25. The predicted octanol–water partition coefficient (Wildman–Crippen LogP) is 0.960. The van der Waals surface area contributed by atoms with Crippen LogP contribution >= 0.6 is 0 Å². The second-order valence-corrected chi connectivity index (χ2v) is 0.0894. The Balaban J connectivity index is -0.0000000275. The third kappa shape index (κ3) is 82.5. The molecule has 0 aromatic heterocycles. The van der Waals surface area contributed by atoms with E-state index in [4.69, 9.17) is 22.9 Å². The van der Waals surface area contributed by atoms with E-state index in [1.807, 2.05) is 0 Å². The summed E-state index contributed by atoms with van der Waals surface area (Å²) >= 11 is 0. The van der Waals surface area contributed by atoms with Gasteiger partial charge in [0.1, 0.15) is 0 Å². The van der Waals surface area contributed by atoms with Crippen molar-refractivity contribution in [2.75, 3.05) is 0 Å². The summed E-state index contributed by atoms with van der Waals surface area (Å²) in [4.78, 5) is 1.50. The van der Waals surface area contributed by atoms with E-state index in [-0.39, 0.29) is 21.1 Å². The van der Waals surface area contributed by atoms with Crippen LogP contribution in [0.2, 0.25) is 0 Å². The molecule has 0 saturated carbocycles. The molecule has 0 amide bonds. The number of hydrogen-bond donors (Lipinski definition) is 0. The zero-order valence-corrected chi connectivity index (χ0v) is 4.88. The molecule has 0 aromatic rings. The normalized spacial score (nSPS) is 1.67. The monoisotopic (exact) mass is 263 g/mol. The van der Waals surface area contributed by atoms with Crippen molar-refractivity contribution in [3.63, 3.8) is 0 Å². The molecule has 0 radical (unpaired) electrons.